The number of ether oxygens (including phenoxy) is 2. The molecule has 1 atom stereocenters. The Labute approximate surface area is 332 Å². The van der Waals surface area contributed by atoms with Crippen LogP contribution >= 0.6 is 11.6 Å². The minimum atomic E-state index is -1.28. The van der Waals surface area contributed by atoms with E-state index in [9.17, 15) is 19.2 Å². The fraction of sp³-hybridized carbons (Fsp3) is 0.378. The highest BCUT2D eigenvalue weighted by Gasteiger charge is 2.31. The van der Waals surface area contributed by atoms with Gasteiger partial charge in [0.05, 0.1) is 7.11 Å². The van der Waals surface area contributed by atoms with Crippen LogP contribution in [0, 0.1) is 0 Å². The molecule has 0 aliphatic carbocycles. The van der Waals surface area contributed by atoms with Crippen molar-refractivity contribution in [2.75, 3.05) is 20.2 Å². The number of nitrogens with one attached hydrogen (secondary N) is 3. The zero-order valence-electron chi connectivity index (χ0n) is 32.7. The summed E-state index contributed by atoms with van der Waals surface area (Å²) in [6.07, 6.45) is 32.4. The molecule has 0 heterocycles. The van der Waals surface area contributed by atoms with Gasteiger partial charge in [-0.2, -0.15) is 0 Å². The monoisotopic (exact) mass is 771 g/mol. The van der Waals surface area contributed by atoms with E-state index in [4.69, 9.17) is 21.1 Å². The number of methoxy groups -OCH3 is 1. The Kier molecular flexibility index (Phi) is 22.9. The van der Waals surface area contributed by atoms with Crippen molar-refractivity contribution in [1.29, 1.82) is 0 Å². The molecule has 3 N–H and O–H groups in total. The van der Waals surface area contributed by atoms with E-state index in [1.54, 1.807) is 50.2 Å². The Balaban J connectivity index is 1.67. The number of amides is 3. The fourth-order valence-corrected chi connectivity index (χ4v) is 5.08. The second kappa shape index (κ2) is 27.4. The summed E-state index contributed by atoms with van der Waals surface area (Å²) in [4.78, 5) is 50.4. The van der Waals surface area contributed by atoms with Crippen molar-refractivity contribution in [2.24, 2.45) is 0 Å². The second-order valence-electron chi connectivity index (χ2n) is 13.1. The highest BCUT2D eigenvalue weighted by molar-refractivity contribution is 6.30. The van der Waals surface area contributed by atoms with Crippen LogP contribution in [0.5, 0.6) is 5.75 Å². The number of benzene rings is 2. The quantitative estimate of drug-likeness (QED) is 0.0686. The number of rotatable bonds is 25. The van der Waals surface area contributed by atoms with Crippen LogP contribution in [0.2, 0.25) is 5.02 Å². The number of carbonyl (C=O) groups excluding carboxylic acids is 4. The second-order valence-corrected chi connectivity index (χ2v) is 13.5. The molecule has 0 bridgehead atoms. The molecule has 2 aromatic carbocycles. The molecule has 0 spiro atoms. The van der Waals surface area contributed by atoms with Gasteiger partial charge < -0.3 is 25.4 Å². The third kappa shape index (κ3) is 20.8. The zero-order chi connectivity index (χ0) is 40.2. The molecule has 10 heteroatoms. The van der Waals surface area contributed by atoms with Crippen molar-refractivity contribution in [2.45, 2.75) is 90.2 Å². The lowest BCUT2D eigenvalue weighted by molar-refractivity contribution is -0.145. The molecular weight excluding hydrogens is 714 g/mol. The number of hydrogen-bond donors (Lipinski definition) is 3. The molecule has 0 saturated heterocycles. The first-order valence-electron chi connectivity index (χ1n) is 18.9. The van der Waals surface area contributed by atoms with Crippen LogP contribution in [0.1, 0.15) is 88.1 Å². The van der Waals surface area contributed by atoms with Gasteiger partial charge in [-0.05, 0) is 107 Å². The number of hydrogen-bond acceptors (Lipinski definition) is 6. The normalized spacial score (nSPS) is 12.7. The maximum atomic E-state index is 13.1. The summed E-state index contributed by atoms with van der Waals surface area (Å²) in [5.41, 5.74) is 0.226. The van der Waals surface area contributed by atoms with Crippen LogP contribution in [0.4, 0.5) is 0 Å². The molecule has 0 aliphatic heterocycles. The van der Waals surface area contributed by atoms with Crippen molar-refractivity contribution in [1.82, 2.24) is 16.0 Å². The van der Waals surface area contributed by atoms with Gasteiger partial charge in [-0.25, -0.2) is 4.79 Å². The first-order chi connectivity index (χ1) is 26.6. The summed E-state index contributed by atoms with van der Waals surface area (Å²) in [6, 6.07) is 12.9. The minimum absolute atomic E-state index is 0.162. The summed E-state index contributed by atoms with van der Waals surface area (Å²) in [7, 11) is 1.23. The lowest BCUT2D eigenvalue weighted by Gasteiger charge is -2.26. The van der Waals surface area contributed by atoms with Gasteiger partial charge in [-0.1, -0.05) is 104 Å². The molecule has 9 nitrogen and oxygen atoms in total. The third-order valence-corrected chi connectivity index (χ3v) is 8.32. The molecule has 2 rings (SSSR count). The minimum Gasteiger partial charge on any atom is -0.478 e. The summed E-state index contributed by atoms with van der Waals surface area (Å²) in [5, 5.41) is 8.80. The van der Waals surface area contributed by atoms with Crippen molar-refractivity contribution in [3.63, 3.8) is 0 Å². The van der Waals surface area contributed by atoms with E-state index < -0.39 is 23.5 Å². The lowest BCUT2D eigenvalue weighted by atomic mass is 10.1. The smallest absolute Gasteiger partial charge is 0.330 e. The highest BCUT2D eigenvalue weighted by Crippen LogP contribution is 2.20. The van der Waals surface area contributed by atoms with Crippen molar-refractivity contribution in [3.05, 3.63) is 138 Å². The van der Waals surface area contributed by atoms with Gasteiger partial charge >= 0.3 is 5.97 Å². The van der Waals surface area contributed by atoms with Gasteiger partial charge in [0.25, 0.3) is 11.8 Å². The SMILES string of the molecule is CCC=CCC=CCC=CCC=CCC=CCC=CCCC(=O)NC(CNC(=O)C(C)(C)Oc1ccc(CCNC(=O)c2ccc(Cl)cc2)cc1)C(=O)OC. The van der Waals surface area contributed by atoms with Crippen molar-refractivity contribution < 1.29 is 28.7 Å². The predicted molar refractivity (Wildman–Crippen MR) is 223 cm³/mol. The van der Waals surface area contributed by atoms with Gasteiger partial charge in [0.15, 0.2) is 5.60 Å². The number of esters is 1. The number of halogens is 1. The van der Waals surface area contributed by atoms with E-state index in [-0.39, 0.29) is 24.8 Å². The van der Waals surface area contributed by atoms with Gasteiger partial charge in [0.2, 0.25) is 5.91 Å². The highest BCUT2D eigenvalue weighted by atomic mass is 35.5. The van der Waals surface area contributed by atoms with Crippen molar-refractivity contribution in [3.8, 4) is 5.75 Å². The van der Waals surface area contributed by atoms with Crippen LogP contribution in [0.25, 0.3) is 0 Å². The van der Waals surface area contributed by atoms with Crippen molar-refractivity contribution >= 4 is 35.3 Å². The molecule has 0 saturated carbocycles. The van der Waals surface area contributed by atoms with Gasteiger partial charge in [0.1, 0.15) is 11.8 Å². The summed E-state index contributed by atoms with van der Waals surface area (Å²) in [6.45, 7) is 5.64. The van der Waals surface area contributed by atoms with Gasteiger partial charge in [-0.3, -0.25) is 14.4 Å². The Hall–Kier alpha value is -5.15. The lowest BCUT2D eigenvalue weighted by Crippen LogP contribution is -2.53. The van der Waals surface area contributed by atoms with E-state index in [2.05, 4.69) is 83.6 Å². The Morgan fingerprint density at radius 1 is 0.727 bits per heavy atom. The molecule has 2 aromatic rings. The molecule has 0 fully saturated rings. The molecule has 0 aromatic heterocycles. The first-order valence-corrected chi connectivity index (χ1v) is 19.3. The van der Waals surface area contributed by atoms with Crippen LogP contribution in [-0.4, -0.2) is 55.5 Å². The van der Waals surface area contributed by atoms with E-state index in [1.165, 1.54) is 7.11 Å². The zero-order valence-corrected chi connectivity index (χ0v) is 33.5. The molecule has 1 unspecified atom stereocenters. The molecule has 0 radical (unpaired) electrons. The number of allylic oxidation sites excluding steroid dienone is 12. The van der Waals surface area contributed by atoms with Crippen LogP contribution in [-0.2, 0) is 25.5 Å². The molecule has 3 amide bonds. The van der Waals surface area contributed by atoms with Gasteiger partial charge in [-0.15, -0.1) is 0 Å². The molecular formula is C45H58ClN3O6. The Morgan fingerprint density at radius 2 is 1.25 bits per heavy atom. The maximum absolute atomic E-state index is 13.1. The average Bonchev–Trinajstić information content (AvgIpc) is 3.17. The molecule has 296 valence electrons. The molecule has 55 heavy (non-hydrogen) atoms. The van der Waals surface area contributed by atoms with E-state index in [1.807, 2.05) is 24.3 Å². The van der Waals surface area contributed by atoms with E-state index in [0.717, 1.165) is 44.1 Å². The number of carbonyl (C=O) groups is 4. The Morgan fingerprint density at radius 3 is 1.78 bits per heavy atom. The third-order valence-electron chi connectivity index (χ3n) is 8.07. The van der Waals surface area contributed by atoms with Crippen LogP contribution in [0.15, 0.2) is 121 Å². The van der Waals surface area contributed by atoms with E-state index >= 15 is 0 Å². The molecule has 0 aliphatic rings. The predicted octanol–water partition coefficient (Wildman–Crippen LogP) is 8.72. The topological polar surface area (TPSA) is 123 Å². The van der Waals surface area contributed by atoms with Crippen LogP contribution in [0.3, 0.4) is 0 Å². The van der Waals surface area contributed by atoms with E-state index in [0.29, 0.717) is 35.7 Å². The summed E-state index contributed by atoms with van der Waals surface area (Å²) < 4.78 is 10.8. The summed E-state index contributed by atoms with van der Waals surface area (Å²) in [5.74, 6) is -1.17. The average molecular weight is 772 g/mol. The standard InChI is InChI=1S/C45H58ClN3O6/c1-5-6-7-8-9-10-11-12-13-14-15-16-17-18-19-20-21-22-23-24-41(50)49-40(43(52)54-4)35-48-44(53)45(2,3)55-39-31-25-36(26-32-39)33-34-47-42(51)37-27-29-38(46)30-28-37/h6-7,9-10,12-13,15-16,18-19,21-22,25-32,40H,5,8,11,14,17,20,23-24,33-35H2,1-4H3,(H,47,51)(H,48,53)(H,49,50). The summed E-state index contributed by atoms with van der Waals surface area (Å²) >= 11 is 5.89. The fourth-order valence-electron chi connectivity index (χ4n) is 4.95. The maximum Gasteiger partial charge on any atom is 0.330 e. The Bertz CT molecular complexity index is 1640. The first kappa shape index (κ1) is 46.0. The van der Waals surface area contributed by atoms with Gasteiger partial charge in [0, 0.05) is 30.1 Å². The van der Waals surface area contributed by atoms with Crippen LogP contribution < -0.4 is 20.7 Å². The largest absolute Gasteiger partial charge is 0.478 e.